The second-order valence-corrected chi connectivity index (χ2v) is 5.20. The SMILES string of the molecule is Cc1cc(NC(=O)C2CCCN2)nn1-c1cccc(F)c1. The molecule has 2 aromatic rings. The first kappa shape index (κ1) is 13.8. The Labute approximate surface area is 122 Å². The number of anilines is 1. The number of amides is 1. The Hall–Kier alpha value is -2.21. The highest BCUT2D eigenvalue weighted by Crippen LogP contribution is 2.16. The molecule has 0 aliphatic carbocycles. The summed E-state index contributed by atoms with van der Waals surface area (Å²) in [6.07, 6.45) is 1.85. The zero-order valence-electron chi connectivity index (χ0n) is 11.8. The van der Waals surface area contributed by atoms with E-state index in [1.807, 2.05) is 6.92 Å². The van der Waals surface area contributed by atoms with E-state index in [-0.39, 0.29) is 17.8 Å². The molecule has 5 nitrogen and oxygen atoms in total. The third kappa shape index (κ3) is 2.95. The predicted molar refractivity (Wildman–Crippen MR) is 77.9 cm³/mol. The van der Waals surface area contributed by atoms with E-state index in [4.69, 9.17) is 0 Å². The average molecular weight is 288 g/mol. The third-order valence-electron chi connectivity index (χ3n) is 3.57. The second-order valence-electron chi connectivity index (χ2n) is 5.20. The molecule has 0 radical (unpaired) electrons. The van der Waals surface area contributed by atoms with Crippen molar-refractivity contribution in [3.63, 3.8) is 0 Å². The molecule has 1 saturated heterocycles. The molecule has 110 valence electrons. The summed E-state index contributed by atoms with van der Waals surface area (Å²) in [5.74, 6) is 0.0926. The summed E-state index contributed by atoms with van der Waals surface area (Å²) in [7, 11) is 0. The lowest BCUT2D eigenvalue weighted by molar-refractivity contribution is -0.117. The molecule has 0 spiro atoms. The van der Waals surface area contributed by atoms with Crippen LogP contribution in [0.5, 0.6) is 0 Å². The lowest BCUT2D eigenvalue weighted by Crippen LogP contribution is -2.35. The van der Waals surface area contributed by atoms with Crippen LogP contribution >= 0.6 is 0 Å². The Balaban J connectivity index is 1.79. The first-order valence-corrected chi connectivity index (χ1v) is 7.00. The Kier molecular flexibility index (Phi) is 3.70. The van der Waals surface area contributed by atoms with Gasteiger partial charge in [-0.2, -0.15) is 0 Å². The fraction of sp³-hybridized carbons (Fsp3) is 0.333. The maximum atomic E-state index is 13.3. The quantitative estimate of drug-likeness (QED) is 0.908. The molecule has 0 bridgehead atoms. The van der Waals surface area contributed by atoms with Crippen LogP contribution in [-0.4, -0.2) is 28.3 Å². The lowest BCUT2D eigenvalue weighted by atomic mass is 10.2. The molecule has 1 aliphatic heterocycles. The van der Waals surface area contributed by atoms with Gasteiger partial charge in [0.15, 0.2) is 5.82 Å². The van der Waals surface area contributed by atoms with Crippen LogP contribution in [0.3, 0.4) is 0 Å². The molecule has 3 rings (SSSR count). The number of halogens is 1. The Morgan fingerprint density at radius 3 is 3.05 bits per heavy atom. The Morgan fingerprint density at radius 1 is 1.48 bits per heavy atom. The zero-order chi connectivity index (χ0) is 14.8. The van der Waals surface area contributed by atoms with E-state index >= 15 is 0 Å². The number of benzene rings is 1. The van der Waals surface area contributed by atoms with E-state index in [1.165, 1.54) is 12.1 Å². The van der Waals surface area contributed by atoms with Gasteiger partial charge in [-0.1, -0.05) is 6.07 Å². The van der Waals surface area contributed by atoms with Gasteiger partial charge >= 0.3 is 0 Å². The molecule has 2 N–H and O–H groups in total. The van der Waals surface area contributed by atoms with Crippen molar-refractivity contribution < 1.29 is 9.18 Å². The summed E-state index contributed by atoms with van der Waals surface area (Å²) in [6, 6.07) is 7.82. The first-order chi connectivity index (χ1) is 10.1. The number of rotatable bonds is 3. The minimum absolute atomic E-state index is 0.0728. The van der Waals surface area contributed by atoms with Crippen LogP contribution < -0.4 is 10.6 Å². The van der Waals surface area contributed by atoms with Crippen LogP contribution in [0.1, 0.15) is 18.5 Å². The Bertz CT molecular complexity index is 661. The average Bonchev–Trinajstić information content (AvgIpc) is 3.08. The minimum atomic E-state index is -0.317. The number of aryl methyl sites for hydroxylation is 1. The number of hydrogen-bond acceptors (Lipinski definition) is 3. The Morgan fingerprint density at radius 2 is 2.33 bits per heavy atom. The summed E-state index contributed by atoms with van der Waals surface area (Å²) in [5.41, 5.74) is 1.46. The normalized spacial score (nSPS) is 17.9. The number of carbonyl (C=O) groups excluding carboxylic acids is 1. The molecule has 1 unspecified atom stereocenters. The van der Waals surface area contributed by atoms with E-state index in [0.29, 0.717) is 11.5 Å². The van der Waals surface area contributed by atoms with Crippen LogP contribution in [0, 0.1) is 12.7 Å². The molecule has 1 amide bonds. The monoisotopic (exact) mass is 288 g/mol. The van der Waals surface area contributed by atoms with E-state index in [2.05, 4.69) is 15.7 Å². The fourth-order valence-corrected chi connectivity index (χ4v) is 2.53. The molecule has 1 aliphatic rings. The summed E-state index contributed by atoms with van der Waals surface area (Å²) >= 11 is 0. The van der Waals surface area contributed by atoms with Gasteiger partial charge in [0.05, 0.1) is 11.7 Å². The number of carbonyl (C=O) groups is 1. The summed E-state index contributed by atoms with van der Waals surface area (Å²) in [5, 5.41) is 10.3. The van der Waals surface area contributed by atoms with Gasteiger partial charge in [0.1, 0.15) is 5.82 Å². The van der Waals surface area contributed by atoms with E-state index < -0.39 is 0 Å². The zero-order valence-corrected chi connectivity index (χ0v) is 11.8. The van der Waals surface area contributed by atoms with Crippen LogP contribution in [0.4, 0.5) is 10.2 Å². The summed E-state index contributed by atoms with van der Waals surface area (Å²) < 4.78 is 14.9. The predicted octanol–water partition coefficient (Wildman–Crippen LogP) is 2.01. The maximum Gasteiger partial charge on any atom is 0.242 e. The largest absolute Gasteiger partial charge is 0.308 e. The van der Waals surface area contributed by atoms with Gasteiger partial charge < -0.3 is 10.6 Å². The molecule has 1 aromatic carbocycles. The van der Waals surface area contributed by atoms with Gasteiger partial charge in [-0.3, -0.25) is 4.79 Å². The number of nitrogens with one attached hydrogen (secondary N) is 2. The van der Waals surface area contributed by atoms with Crippen molar-refractivity contribution in [3.05, 3.63) is 41.8 Å². The number of aromatic nitrogens is 2. The smallest absolute Gasteiger partial charge is 0.242 e. The fourth-order valence-electron chi connectivity index (χ4n) is 2.53. The van der Waals surface area contributed by atoms with Crippen molar-refractivity contribution in [2.24, 2.45) is 0 Å². The first-order valence-electron chi connectivity index (χ1n) is 7.00. The molecule has 6 heteroatoms. The van der Waals surface area contributed by atoms with Gasteiger partial charge in [-0.05, 0) is 44.5 Å². The van der Waals surface area contributed by atoms with Crippen LogP contribution in [0.25, 0.3) is 5.69 Å². The van der Waals surface area contributed by atoms with Crippen molar-refractivity contribution >= 4 is 11.7 Å². The van der Waals surface area contributed by atoms with Gasteiger partial charge in [0.25, 0.3) is 0 Å². The van der Waals surface area contributed by atoms with Crippen molar-refractivity contribution in [1.82, 2.24) is 15.1 Å². The van der Waals surface area contributed by atoms with Crippen LogP contribution in [0.15, 0.2) is 30.3 Å². The van der Waals surface area contributed by atoms with Gasteiger partial charge in [0, 0.05) is 11.8 Å². The molecule has 2 heterocycles. The van der Waals surface area contributed by atoms with Crippen molar-refractivity contribution in [2.75, 3.05) is 11.9 Å². The highest BCUT2D eigenvalue weighted by molar-refractivity contribution is 5.94. The van der Waals surface area contributed by atoms with E-state index in [1.54, 1.807) is 22.9 Å². The second kappa shape index (κ2) is 5.65. The lowest BCUT2D eigenvalue weighted by Gasteiger charge is -2.08. The van der Waals surface area contributed by atoms with Gasteiger partial charge in [-0.25, -0.2) is 9.07 Å². The molecule has 21 heavy (non-hydrogen) atoms. The standard InChI is InChI=1S/C15H17FN4O/c1-10-8-14(18-15(21)13-6-3-7-17-13)19-20(10)12-5-2-4-11(16)9-12/h2,4-5,8-9,13,17H,3,6-7H2,1H3,(H,18,19,21). The molecule has 1 aromatic heterocycles. The van der Waals surface area contributed by atoms with Crippen molar-refractivity contribution in [1.29, 1.82) is 0 Å². The topological polar surface area (TPSA) is 59.0 Å². The van der Waals surface area contributed by atoms with Crippen molar-refractivity contribution in [3.8, 4) is 5.69 Å². The minimum Gasteiger partial charge on any atom is -0.308 e. The van der Waals surface area contributed by atoms with Gasteiger partial charge in [0.2, 0.25) is 5.91 Å². The summed E-state index contributed by atoms with van der Waals surface area (Å²) in [4.78, 5) is 12.0. The van der Waals surface area contributed by atoms with Crippen molar-refractivity contribution in [2.45, 2.75) is 25.8 Å². The molecule has 1 atom stereocenters. The van der Waals surface area contributed by atoms with Crippen LogP contribution in [-0.2, 0) is 4.79 Å². The molecular weight excluding hydrogens is 271 g/mol. The van der Waals surface area contributed by atoms with E-state index in [0.717, 1.165) is 25.1 Å². The highest BCUT2D eigenvalue weighted by Gasteiger charge is 2.22. The van der Waals surface area contributed by atoms with Crippen LogP contribution in [0.2, 0.25) is 0 Å². The molecule has 1 fully saturated rings. The number of hydrogen-bond donors (Lipinski definition) is 2. The molecule has 0 saturated carbocycles. The third-order valence-corrected chi connectivity index (χ3v) is 3.57. The highest BCUT2D eigenvalue weighted by atomic mass is 19.1. The number of nitrogens with zero attached hydrogens (tertiary/aromatic N) is 2. The summed E-state index contributed by atoms with van der Waals surface area (Å²) in [6.45, 7) is 2.73. The van der Waals surface area contributed by atoms with E-state index in [9.17, 15) is 9.18 Å². The maximum absolute atomic E-state index is 13.3. The molecular formula is C15H17FN4O. The van der Waals surface area contributed by atoms with Gasteiger partial charge in [-0.15, -0.1) is 5.10 Å².